The molecule has 0 radical (unpaired) electrons. The van der Waals surface area contributed by atoms with Gasteiger partial charge in [0.15, 0.2) is 0 Å². The quantitative estimate of drug-likeness (QED) is 0.275. The van der Waals surface area contributed by atoms with Crippen molar-refractivity contribution in [2.24, 2.45) is 0 Å². The monoisotopic (exact) mass is 598 g/mol. The molecule has 1 aliphatic rings. The second-order valence-electron chi connectivity index (χ2n) is 8.73. The molecular formula is C28H27BrN2O6S. The predicted octanol–water partition coefficient (Wildman–Crippen LogP) is 5.40. The molecule has 0 spiro atoms. The summed E-state index contributed by atoms with van der Waals surface area (Å²) in [6.45, 7) is 7.40. The predicted molar refractivity (Wildman–Crippen MR) is 148 cm³/mol. The Bertz CT molecular complexity index is 1570. The fraction of sp³-hybridized carbons (Fsp3) is 0.214. The van der Waals surface area contributed by atoms with Gasteiger partial charge in [0.2, 0.25) is 10.0 Å². The summed E-state index contributed by atoms with van der Waals surface area (Å²) in [6, 6.07) is 15.1. The molecule has 0 unspecified atom stereocenters. The largest absolute Gasteiger partial charge is 0.462 e. The number of amides is 1. The van der Waals surface area contributed by atoms with Gasteiger partial charge < -0.3 is 9.15 Å². The molecule has 198 valence electrons. The van der Waals surface area contributed by atoms with Crippen molar-refractivity contribution < 1.29 is 27.2 Å². The summed E-state index contributed by atoms with van der Waals surface area (Å²) in [7, 11) is -3.75. The molecule has 8 nitrogen and oxygen atoms in total. The summed E-state index contributed by atoms with van der Waals surface area (Å²) in [5.41, 5.74) is 3.49. The zero-order chi connectivity index (χ0) is 27.6. The van der Waals surface area contributed by atoms with E-state index in [-0.39, 0.29) is 35.1 Å². The van der Waals surface area contributed by atoms with Crippen LogP contribution >= 0.6 is 15.9 Å². The number of furan rings is 1. The van der Waals surface area contributed by atoms with Gasteiger partial charge in [-0.1, -0.05) is 22.0 Å². The second-order valence-corrected chi connectivity index (χ2v) is 11.4. The number of ether oxygens (including phenoxy) is 1. The maximum Gasteiger partial charge on any atom is 0.340 e. The van der Waals surface area contributed by atoms with Crippen LogP contribution in [0, 0.1) is 13.8 Å². The van der Waals surface area contributed by atoms with Crippen molar-refractivity contribution in [2.75, 3.05) is 11.5 Å². The van der Waals surface area contributed by atoms with Crippen LogP contribution in [-0.2, 0) is 30.9 Å². The molecule has 1 aliphatic heterocycles. The Labute approximate surface area is 230 Å². The van der Waals surface area contributed by atoms with Crippen LogP contribution in [0.5, 0.6) is 0 Å². The van der Waals surface area contributed by atoms with Crippen LogP contribution in [0.4, 0.5) is 5.69 Å². The zero-order valence-corrected chi connectivity index (χ0v) is 23.8. The van der Waals surface area contributed by atoms with Crippen LogP contribution in [0.2, 0.25) is 0 Å². The van der Waals surface area contributed by atoms with Gasteiger partial charge in [-0.25, -0.2) is 17.9 Å². The molecule has 3 aromatic rings. The maximum absolute atomic E-state index is 13.6. The highest BCUT2D eigenvalue weighted by molar-refractivity contribution is 9.10. The number of allylic oxidation sites excluding steroid dienone is 1. The third-order valence-corrected chi connectivity index (χ3v) is 8.10. The first-order chi connectivity index (χ1) is 18.0. The van der Waals surface area contributed by atoms with Crippen LogP contribution in [0.25, 0.3) is 6.08 Å². The number of sulfonamides is 1. The number of carbonyl (C=O) groups is 2. The number of nitrogens with one attached hydrogen (secondary N) is 1. The minimum absolute atomic E-state index is 0.0934. The zero-order valence-electron chi connectivity index (χ0n) is 21.4. The third kappa shape index (κ3) is 5.67. The first-order valence-corrected chi connectivity index (χ1v) is 14.1. The summed E-state index contributed by atoms with van der Waals surface area (Å²) < 4.78 is 39.5. The van der Waals surface area contributed by atoms with Crippen LogP contribution in [0.15, 0.2) is 85.2 Å². The van der Waals surface area contributed by atoms with Gasteiger partial charge in [0.1, 0.15) is 11.5 Å². The summed E-state index contributed by atoms with van der Waals surface area (Å²) in [5.74, 6) is -0.359. The number of hydrogen-bond donors (Lipinski definition) is 1. The molecule has 0 aliphatic carbocycles. The number of aryl methyl sites for hydroxylation is 2. The lowest BCUT2D eigenvalue weighted by atomic mass is 10.1. The van der Waals surface area contributed by atoms with Crippen LogP contribution in [-0.4, -0.2) is 26.9 Å². The minimum atomic E-state index is -3.75. The normalized spacial score (nSPS) is 15.0. The van der Waals surface area contributed by atoms with Gasteiger partial charge in [-0.3, -0.25) is 9.69 Å². The minimum Gasteiger partial charge on any atom is -0.462 e. The second kappa shape index (κ2) is 11.1. The van der Waals surface area contributed by atoms with E-state index in [2.05, 4.69) is 20.7 Å². The highest BCUT2D eigenvalue weighted by Crippen LogP contribution is 2.36. The topological polar surface area (TPSA) is 106 Å². The summed E-state index contributed by atoms with van der Waals surface area (Å²) in [6.07, 6.45) is 1.48. The van der Waals surface area contributed by atoms with Crippen molar-refractivity contribution >= 4 is 49.6 Å². The van der Waals surface area contributed by atoms with Crippen molar-refractivity contribution in [1.29, 1.82) is 0 Å². The molecule has 2 heterocycles. The van der Waals surface area contributed by atoms with E-state index in [9.17, 15) is 18.0 Å². The molecule has 0 atom stereocenters. The molecule has 10 heteroatoms. The molecule has 0 saturated carbocycles. The number of halogens is 1. The van der Waals surface area contributed by atoms with Crippen molar-refractivity contribution in [3.63, 3.8) is 0 Å². The number of hydrogen-bond acceptors (Lipinski definition) is 6. The molecule has 1 amide bonds. The number of anilines is 1. The van der Waals surface area contributed by atoms with E-state index in [1.165, 1.54) is 23.1 Å². The average Bonchev–Trinajstić information content (AvgIpc) is 3.42. The molecule has 1 N–H and O–H groups in total. The van der Waals surface area contributed by atoms with E-state index in [1.807, 2.05) is 32.0 Å². The number of carbonyl (C=O) groups excluding carboxylic acids is 2. The molecular weight excluding hydrogens is 572 g/mol. The van der Waals surface area contributed by atoms with Crippen molar-refractivity contribution in [2.45, 2.75) is 39.1 Å². The van der Waals surface area contributed by atoms with Crippen molar-refractivity contribution in [1.82, 2.24) is 4.72 Å². The van der Waals surface area contributed by atoms with Crippen molar-refractivity contribution in [3.8, 4) is 0 Å². The van der Waals surface area contributed by atoms with E-state index in [4.69, 9.17) is 9.15 Å². The maximum atomic E-state index is 13.6. The Hall–Kier alpha value is -3.47. The fourth-order valence-electron chi connectivity index (χ4n) is 4.03. The molecule has 2 aromatic carbocycles. The Morgan fingerprint density at radius 2 is 1.76 bits per heavy atom. The first-order valence-electron chi connectivity index (χ1n) is 11.9. The van der Waals surface area contributed by atoms with E-state index >= 15 is 0 Å². The van der Waals surface area contributed by atoms with E-state index in [1.54, 1.807) is 38.1 Å². The lowest BCUT2D eigenvalue weighted by Crippen LogP contribution is -2.24. The van der Waals surface area contributed by atoms with Gasteiger partial charge in [0.05, 0.1) is 29.2 Å². The third-order valence-electron chi connectivity index (χ3n) is 6.16. The lowest BCUT2D eigenvalue weighted by molar-refractivity contribution is -0.138. The summed E-state index contributed by atoms with van der Waals surface area (Å²) in [4.78, 5) is 28.0. The van der Waals surface area contributed by atoms with Gasteiger partial charge in [0, 0.05) is 15.9 Å². The van der Waals surface area contributed by atoms with Crippen LogP contribution < -0.4 is 9.62 Å². The first kappa shape index (κ1) is 27.6. The van der Waals surface area contributed by atoms with Gasteiger partial charge in [0.25, 0.3) is 5.91 Å². The number of esters is 1. The SMILES string of the molecule is CCOC(=O)C1=C(C)N(c2ccc(C)c(C)c2)C(=O)/C1=C\c1ccc(CNS(=O)(=O)c2ccc(Br)cc2)o1. The highest BCUT2D eigenvalue weighted by atomic mass is 79.9. The van der Waals surface area contributed by atoms with Gasteiger partial charge in [-0.2, -0.15) is 0 Å². The van der Waals surface area contributed by atoms with E-state index in [0.717, 1.165) is 15.6 Å². The Balaban J connectivity index is 1.62. The lowest BCUT2D eigenvalue weighted by Gasteiger charge is -2.19. The number of benzene rings is 2. The van der Waals surface area contributed by atoms with E-state index < -0.39 is 16.0 Å². The summed E-state index contributed by atoms with van der Waals surface area (Å²) >= 11 is 3.28. The average molecular weight is 600 g/mol. The van der Waals surface area contributed by atoms with E-state index in [0.29, 0.717) is 22.9 Å². The molecule has 0 bridgehead atoms. The fourth-order valence-corrected chi connectivity index (χ4v) is 5.29. The molecule has 1 aromatic heterocycles. The number of nitrogens with zero attached hydrogens (tertiary/aromatic N) is 1. The Morgan fingerprint density at radius 3 is 2.42 bits per heavy atom. The van der Waals surface area contributed by atoms with Crippen LogP contribution in [0.1, 0.15) is 36.5 Å². The van der Waals surface area contributed by atoms with Crippen molar-refractivity contribution in [3.05, 3.63) is 98.6 Å². The Kier molecular flexibility index (Phi) is 8.05. The van der Waals surface area contributed by atoms with Crippen LogP contribution in [0.3, 0.4) is 0 Å². The number of rotatable bonds is 8. The molecule has 0 saturated heterocycles. The Morgan fingerprint density at radius 1 is 1.05 bits per heavy atom. The molecule has 0 fully saturated rings. The highest BCUT2D eigenvalue weighted by Gasteiger charge is 2.38. The van der Waals surface area contributed by atoms with Gasteiger partial charge >= 0.3 is 5.97 Å². The molecule has 38 heavy (non-hydrogen) atoms. The van der Waals surface area contributed by atoms with Gasteiger partial charge in [-0.15, -0.1) is 0 Å². The summed E-state index contributed by atoms with van der Waals surface area (Å²) in [5, 5.41) is 0. The smallest absolute Gasteiger partial charge is 0.340 e. The molecule has 4 rings (SSSR count). The standard InChI is InChI=1S/C28H27BrN2O6S/c1-5-36-28(33)26-19(4)31(21-9-6-17(2)18(3)14-21)27(32)25(26)15-22-10-11-23(37-22)16-30-38(34,35)24-12-7-20(29)8-13-24/h6-15,30H,5,16H2,1-4H3/b25-15-. The van der Waals surface area contributed by atoms with Gasteiger partial charge in [-0.05, 0) is 93.4 Å².